The van der Waals surface area contributed by atoms with Crippen molar-refractivity contribution >= 4 is 11.8 Å². The molecule has 2 saturated carbocycles. The van der Waals surface area contributed by atoms with Crippen LogP contribution in [0.1, 0.15) is 70.8 Å². The highest BCUT2D eigenvalue weighted by molar-refractivity contribution is 5.93. The fraction of sp³-hybridized carbons (Fsp3) is 0.476. The summed E-state index contributed by atoms with van der Waals surface area (Å²) < 4.78 is 0. The highest BCUT2D eigenvalue weighted by Crippen LogP contribution is 2.48. The predicted molar refractivity (Wildman–Crippen MR) is 104 cm³/mol. The Balaban J connectivity index is 1.47. The van der Waals surface area contributed by atoms with Crippen LogP contribution in [0.5, 0.6) is 0 Å². The van der Waals surface area contributed by atoms with Crippen LogP contribution in [-0.2, 0) is 0 Å². The van der Waals surface area contributed by atoms with Gasteiger partial charge in [-0.25, -0.2) is 4.98 Å². The number of amides is 2. The number of hydrogen-bond acceptors (Lipinski definition) is 5. The van der Waals surface area contributed by atoms with Gasteiger partial charge in [0.25, 0.3) is 11.8 Å². The summed E-state index contributed by atoms with van der Waals surface area (Å²) in [7, 11) is 0. The molecule has 7 heteroatoms. The van der Waals surface area contributed by atoms with Crippen LogP contribution < -0.4 is 10.6 Å². The minimum absolute atomic E-state index is 0.142. The predicted octanol–water partition coefficient (Wildman–Crippen LogP) is 2.49. The zero-order chi connectivity index (χ0) is 19.8. The molecule has 2 fully saturated rings. The molecule has 0 aliphatic heterocycles. The van der Waals surface area contributed by atoms with Gasteiger partial charge in [0.05, 0.1) is 11.9 Å². The van der Waals surface area contributed by atoms with Gasteiger partial charge in [0, 0.05) is 23.5 Å². The number of fused-ring (bicyclic) bond motifs is 2. The van der Waals surface area contributed by atoms with Gasteiger partial charge in [0.15, 0.2) is 0 Å². The van der Waals surface area contributed by atoms with E-state index >= 15 is 0 Å². The van der Waals surface area contributed by atoms with Crippen molar-refractivity contribution < 1.29 is 9.59 Å². The molecule has 2 bridgehead atoms. The van der Waals surface area contributed by atoms with Crippen LogP contribution in [0.15, 0.2) is 30.7 Å². The first kappa shape index (κ1) is 18.5. The van der Waals surface area contributed by atoms with Crippen LogP contribution in [0.3, 0.4) is 0 Å². The Kier molecular flexibility index (Phi) is 4.61. The number of nitrogens with one attached hydrogen (secondary N) is 2. The van der Waals surface area contributed by atoms with E-state index in [1.54, 1.807) is 18.5 Å². The summed E-state index contributed by atoms with van der Waals surface area (Å²) in [5, 5.41) is 6.43. The molecule has 2 aromatic heterocycles. The molecule has 2 heterocycles. The van der Waals surface area contributed by atoms with E-state index in [9.17, 15) is 9.59 Å². The fourth-order valence-corrected chi connectivity index (χ4v) is 4.61. The van der Waals surface area contributed by atoms with E-state index in [0.29, 0.717) is 11.4 Å². The monoisotopic (exact) mass is 379 g/mol. The molecule has 0 saturated heterocycles. The third kappa shape index (κ3) is 3.61. The molecule has 2 atom stereocenters. The summed E-state index contributed by atoms with van der Waals surface area (Å²) in [6, 6.07) is 3.68. The quantitative estimate of drug-likeness (QED) is 0.851. The Morgan fingerprint density at radius 3 is 2.18 bits per heavy atom. The number of pyridine rings is 1. The first-order valence-corrected chi connectivity index (χ1v) is 9.75. The lowest BCUT2D eigenvalue weighted by atomic mass is 9.78. The maximum Gasteiger partial charge on any atom is 0.271 e. The molecule has 0 radical (unpaired) electrons. The first-order valence-electron chi connectivity index (χ1n) is 9.75. The summed E-state index contributed by atoms with van der Waals surface area (Å²) in [4.78, 5) is 38.0. The van der Waals surface area contributed by atoms with E-state index in [-0.39, 0.29) is 22.9 Å². The van der Waals surface area contributed by atoms with Crippen LogP contribution >= 0.6 is 0 Å². The molecule has 2 aliphatic rings. The fourth-order valence-electron chi connectivity index (χ4n) is 4.61. The molecular formula is C21H25N5O2. The third-order valence-corrected chi connectivity index (χ3v) is 5.99. The number of rotatable bonds is 4. The van der Waals surface area contributed by atoms with Crippen molar-refractivity contribution in [2.45, 2.75) is 63.5 Å². The van der Waals surface area contributed by atoms with Crippen molar-refractivity contribution in [1.82, 2.24) is 25.6 Å². The molecule has 146 valence electrons. The average Bonchev–Trinajstić information content (AvgIpc) is 2.92. The van der Waals surface area contributed by atoms with Crippen molar-refractivity contribution in [3.8, 4) is 0 Å². The summed E-state index contributed by atoms with van der Waals surface area (Å²) in [5.41, 5.74) is 1.98. The molecule has 28 heavy (non-hydrogen) atoms. The molecule has 2 N–H and O–H groups in total. The number of carbonyl (C=O) groups excluding carboxylic acids is 2. The van der Waals surface area contributed by atoms with Crippen molar-refractivity contribution in [1.29, 1.82) is 0 Å². The number of aromatic nitrogens is 3. The number of hydrogen-bond donors (Lipinski definition) is 2. The SMILES string of the molecule is Cc1ccnc(C(=O)NC23CCCC(NC(=O)c4cnc(C)cn4)(CC2)C3)c1. The molecule has 2 amide bonds. The van der Waals surface area contributed by atoms with E-state index in [1.165, 1.54) is 6.20 Å². The third-order valence-electron chi connectivity index (χ3n) is 5.99. The van der Waals surface area contributed by atoms with Crippen molar-refractivity contribution in [2.75, 3.05) is 0 Å². The lowest BCUT2D eigenvalue weighted by Crippen LogP contribution is -2.55. The molecule has 4 rings (SSSR count). The summed E-state index contributed by atoms with van der Waals surface area (Å²) in [5.74, 6) is -0.339. The van der Waals surface area contributed by atoms with Crippen LogP contribution in [0.2, 0.25) is 0 Å². The van der Waals surface area contributed by atoms with Gasteiger partial charge in [-0.1, -0.05) is 0 Å². The Morgan fingerprint density at radius 1 is 0.893 bits per heavy atom. The Bertz CT molecular complexity index is 913. The van der Waals surface area contributed by atoms with Gasteiger partial charge in [0.1, 0.15) is 11.4 Å². The van der Waals surface area contributed by atoms with E-state index in [2.05, 4.69) is 25.6 Å². The minimum Gasteiger partial charge on any atom is -0.345 e. The van der Waals surface area contributed by atoms with E-state index < -0.39 is 0 Å². The normalized spacial score (nSPS) is 25.9. The summed E-state index contributed by atoms with van der Waals surface area (Å²) >= 11 is 0. The number of nitrogens with zero attached hydrogens (tertiary/aromatic N) is 3. The summed E-state index contributed by atoms with van der Waals surface area (Å²) in [6.07, 6.45) is 10.0. The van der Waals surface area contributed by atoms with Crippen molar-refractivity contribution in [3.63, 3.8) is 0 Å². The van der Waals surface area contributed by atoms with Gasteiger partial charge in [-0.2, -0.15) is 0 Å². The highest BCUT2D eigenvalue weighted by atomic mass is 16.2. The zero-order valence-electron chi connectivity index (χ0n) is 16.3. The van der Waals surface area contributed by atoms with Gasteiger partial charge in [-0.05, 0) is 70.1 Å². The lowest BCUT2D eigenvalue weighted by molar-refractivity contribution is 0.0827. The molecule has 2 unspecified atom stereocenters. The maximum atomic E-state index is 12.7. The molecule has 7 nitrogen and oxygen atoms in total. The van der Waals surface area contributed by atoms with E-state index in [0.717, 1.165) is 49.8 Å². The van der Waals surface area contributed by atoms with Crippen LogP contribution in [0.25, 0.3) is 0 Å². The van der Waals surface area contributed by atoms with E-state index in [4.69, 9.17) is 0 Å². The second kappa shape index (κ2) is 6.96. The van der Waals surface area contributed by atoms with Crippen molar-refractivity contribution in [3.05, 3.63) is 53.4 Å². The van der Waals surface area contributed by atoms with Gasteiger partial charge in [-0.15, -0.1) is 0 Å². The second-order valence-electron chi connectivity index (χ2n) is 8.26. The van der Waals surface area contributed by atoms with Gasteiger partial charge >= 0.3 is 0 Å². The Morgan fingerprint density at radius 2 is 1.57 bits per heavy atom. The van der Waals surface area contributed by atoms with Crippen LogP contribution in [0, 0.1) is 13.8 Å². The summed E-state index contributed by atoms with van der Waals surface area (Å²) in [6.45, 7) is 3.78. The molecule has 2 aliphatic carbocycles. The standard InChI is InChI=1S/C21H25N5O2/c1-14-4-9-22-16(10-14)18(27)25-20-5-3-6-21(13-20,8-7-20)26-19(28)17-12-23-15(2)11-24-17/h4,9-12H,3,5-8,13H2,1-2H3,(H,25,27)(H,26,28). The van der Waals surface area contributed by atoms with Crippen LogP contribution in [-0.4, -0.2) is 37.8 Å². The number of carbonyl (C=O) groups is 2. The molecule has 0 spiro atoms. The highest BCUT2D eigenvalue weighted by Gasteiger charge is 2.52. The second-order valence-corrected chi connectivity index (χ2v) is 8.26. The molecule has 0 aromatic carbocycles. The topological polar surface area (TPSA) is 96.9 Å². The smallest absolute Gasteiger partial charge is 0.271 e. The largest absolute Gasteiger partial charge is 0.345 e. The van der Waals surface area contributed by atoms with E-state index in [1.807, 2.05) is 19.9 Å². The van der Waals surface area contributed by atoms with Gasteiger partial charge < -0.3 is 10.6 Å². The maximum absolute atomic E-state index is 12.7. The van der Waals surface area contributed by atoms with Crippen LogP contribution in [0.4, 0.5) is 0 Å². The number of aryl methyl sites for hydroxylation is 2. The minimum atomic E-state index is -0.296. The zero-order valence-corrected chi connectivity index (χ0v) is 16.3. The Labute approximate surface area is 164 Å². The van der Waals surface area contributed by atoms with Crippen molar-refractivity contribution in [2.24, 2.45) is 0 Å². The molecule has 2 aromatic rings. The molecular weight excluding hydrogens is 354 g/mol. The Hall–Kier alpha value is -2.83. The first-order chi connectivity index (χ1) is 13.4. The van der Waals surface area contributed by atoms with Gasteiger partial charge in [-0.3, -0.25) is 19.6 Å². The average molecular weight is 379 g/mol. The lowest BCUT2D eigenvalue weighted by Gasteiger charge is -2.40. The van der Waals surface area contributed by atoms with Gasteiger partial charge in [0.2, 0.25) is 0 Å².